The SMILES string of the molecule is COc1ccc2c(c1)CCc1c-2n[nH]c1C(=O)Nc1ccccc1C. The molecule has 0 spiro atoms. The van der Waals surface area contributed by atoms with Crippen LogP contribution in [0, 0.1) is 6.92 Å². The third-order valence-corrected chi connectivity index (χ3v) is 4.70. The van der Waals surface area contributed by atoms with Gasteiger partial charge < -0.3 is 10.1 Å². The largest absolute Gasteiger partial charge is 0.497 e. The van der Waals surface area contributed by atoms with E-state index in [2.05, 4.69) is 15.5 Å². The standard InChI is InChI=1S/C20H19N3O2/c1-12-5-3-4-6-17(12)21-20(24)19-16-9-7-13-11-14(25-2)8-10-15(13)18(16)22-23-19/h3-6,8,10-11H,7,9H2,1-2H3,(H,21,24)(H,22,23). The van der Waals surface area contributed by atoms with Gasteiger partial charge in [0.15, 0.2) is 0 Å². The van der Waals surface area contributed by atoms with Crippen LogP contribution in [-0.4, -0.2) is 23.2 Å². The minimum Gasteiger partial charge on any atom is -0.497 e. The first kappa shape index (κ1) is 15.4. The van der Waals surface area contributed by atoms with E-state index < -0.39 is 0 Å². The number of hydrogen-bond acceptors (Lipinski definition) is 3. The average molecular weight is 333 g/mol. The van der Waals surface area contributed by atoms with Gasteiger partial charge in [-0.05, 0) is 55.2 Å². The quantitative estimate of drug-likeness (QED) is 0.767. The topological polar surface area (TPSA) is 67.0 Å². The van der Waals surface area contributed by atoms with Gasteiger partial charge in [-0.25, -0.2) is 0 Å². The molecular weight excluding hydrogens is 314 g/mol. The molecule has 126 valence electrons. The normalized spacial score (nSPS) is 12.2. The van der Waals surface area contributed by atoms with Crippen molar-refractivity contribution in [3.05, 3.63) is 64.8 Å². The van der Waals surface area contributed by atoms with E-state index in [-0.39, 0.29) is 5.91 Å². The van der Waals surface area contributed by atoms with Crippen LogP contribution in [0.3, 0.4) is 0 Å². The smallest absolute Gasteiger partial charge is 0.273 e. The number of nitrogens with one attached hydrogen (secondary N) is 2. The fourth-order valence-electron chi connectivity index (χ4n) is 3.31. The number of aromatic amines is 1. The molecule has 5 heteroatoms. The van der Waals surface area contributed by atoms with Gasteiger partial charge in [-0.1, -0.05) is 18.2 Å². The van der Waals surface area contributed by atoms with Crippen molar-refractivity contribution in [3.63, 3.8) is 0 Å². The lowest BCUT2D eigenvalue weighted by Crippen LogP contribution is -2.16. The van der Waals surface area contributed by atoms with E-state index in [1.807, 2.05) is 49.4 Å². The lowest BCUT2D eigenvalue weighted by molar-refractivity contribution is 0.102. The van der Waals surface area contributed by atoms with Gasteiger partial charge in [-0.3, -0.25) is 9.89 Å². The van der Waals surface area contributed by atoms with Gasteiger partial charge in [0.2, 0.25) is 0 Å². The Morgan fingerprint density at radius 1 is 1.20 bits per heavy atom. The number of H-pyrrole nitrogens is 1. The van der Waals surface area contributed by atoms with Crippen LogP contribution >= 0.6 is 0 Å². The number of anilines is 1. The number of fused-ring (bicyclic) bond motifs is 3. The second-order valence-corrected chi connectivity index (χ2v) is 6.22. The van der Waals surface area contributed by atoms with Crippen LogP contribution in [0.2, 0.25) is 0 Å². The number of aromatic nitrogens is 2. The van der Waals surface area contributed by atoms with Crippen molar-refractivity contribution >= 4 is 11.6 Å². The lowest BCUT2D eigenvalue weighted by Gasteiger charge is -2.17. The van der Waals surface area contributed by atoms with Crippen molar-refractivity contribution in [2.75, 3.05) is 12.4 Å². The molecule has 1 heterocycles. The monoisotopic (exact) mass is 333 g/mol. The molecule has 2 N–H and O–H groups in total. The van der Waals surface area contributed by atoms with Gasteiger partial charge in [-0.2, -0.15) is 5.10 Å². The Bertz CT molecular complexity index is 959. The van der Waals surface area contributed by atoms with Crippen LogP contribution in [0.1, 0.15) is 27.2 Å². The highest BCUT2D eigenvalue weighted by molar-refractivity contribution is 6.05. The number of aryl methyl sites for hydroxylation is 2. The highest BCUT2D eigenvalue weighted by atomic mass is 16.5. The number of nitrogens with zero attached hydrogens (tertiary/aromatic N) is 1. The summed E-state index contributed by atoms with van der Waals surface area (Å²) in [6.07, 6.45) is 1.65. The number of benzene rings is 2. The third kappa shape index (κ3) is 2.67. The highest BCUT2D eigenvalue weighted by Gasteiger charge is 2.25. The predicted octanol–water partition coefficient (Wildman–Crippen LogP) is 3.74. The van der Waals surface area contributed by atoms with Crippen LogP contribution in [0.5, 0.6) is 5.75 Å². The molecule has 1 aliphatic carbocycles. The summed E-state index contributed by atoms with van der Waals surface area (Å²) in [4.78, 5) is 12.7. The molecule has 0 atom stereocenters. The van der Waals surface area contributed by atoms with E-state index in [4.69, 9.17) is 4.74 Å². The molecule has 1 aromatic heterocycles. The molecule has 2 aromatic carbocycles. The minimum absolute atomic E-state index is 0.153. The maximum atomic E-state index is 12.7. The second-order valence-electron chi connectivity index (χ2n) is 6.22. The lowest BCUT2D eigenvalue weighted by atomic mass is 9.89. The van der Waals surface area contributed by atoms with Crippen LogP contribution < -0.4 is 10.1 Å². The molecule has 0 saturated heterocycles. The first-order chi connectivity index (χ1) is 12.2. The molecule has 0 aliphatic heterocycles. The van der Waals surface area contributed by atoms with E-state index in [9.17, 15) is 4.79 Å². The van der Waals surface area contributed by atoms with Crippen LogP contribution in [-0.2, 0) is 12.8 Å². The minimum atomic E-state index is -0.153. The summed E-state index contributed by atoms with van der Waals surface area (Å²) >= 11 is 0. The van der Waals surface area contributed by atoms with Crippen LogP contribution in [0.25, 0.3) is 11.3 Å². The molecule has 0 radical (unpaired) electrons. The van der Waals surface area contributed by atoms with E-state index in [0.717, 1.165) is 46.7 Å². The van der Waals surface area contributed by atoms with Crippen molar-refractivity contribution in [1.82, 2.24) is 10.2 Å². The maximum absolute atomic E-state index is 12.7. The zero-order valence-electron chi connectivity index (χ0n) is 14.2. The van der Waals surface area contributed by atoms with Crippen molar-refractivity contribution in [2.45, 2.75) is 19.8 Å². The highest BCUT2D eigenvalue weighted by Crippen LogP contribution is 2.35. The van der Waals surface area contributed by atoms with Gasteiger partial charge in [0.1, 0.15) is 11.4 Å². The molecular formula is C20H19N3O2. The van der Waals surface area contributed by atoms with Crippen molar-refractivity contribution in [3.8, 4) is 17.0 Å². The molecule has 25 heavy (non-hydrogen) atoms. The molecule has 0 fully saturated rings. The van der Waals surface area contributed by atoms with Gasteiger partial charge in [0.25, 0.3) is 5.91 Å². The summed E-state index contributed by atoms with van der Waals surface area (Å²) in [5.41, 5.74) is 6.48. The third-order valence-electron chi connectivity index (χ3n) is 4.70. The molecule has 3 aromatic rings. The summed E-state index contributed by atoms with van der Waals surface area (Å²) in [5.74, 6) is 0.690. The first-order valence-electron chi connectivity index (χ1n) is 8.29. The molecule has 0 unspecified atom stereocenters. The number of carbonyl (C=O) groups excluding carboxylic acids is 1. The number of ether oxygens (including phenoxy) is 1. The Morgan fingerprint density at radius 2 is 2.04 bits per heavy atom. The summed E-state index contributed by atoms with van der Waals surface area (Å²) in [5, 5.41) is 10.3. The van der Waals surface area contributed by atoms with Gasteiger partial charge in [0.05, 0.1) is 12.8 Å². The van der Waals surface area contributed by atoms with E-state index in [1.165, 1.54) is 5.56 Å². The average Bonchev–Trinajstić information content (AvgIpc) is 3.07. The Morgan fingerprint density at radius 3 is 2.84 bits per heavy atom. The molecule has 1 aliphatic rings. The van der Waals surface area contributed by atoms with Crippen LogP contribution in [0.4, 0.5) is 5.69 Å². The van der Waals surface area contributed by atoms with E-state index >= 15 is 0 Å². The number of carbonyl (C=O) groups is 1. The van der Waals surface area contributed by atoms with Gasteiger partial charge in [-0.15, -0.1) is 0 Å². The van der Waals surface area contributed by atoms with Gasteiger partial charge >= 0.3 is 0 Å². The maximum Gasteiger partial charge on any atom is 0.273 e. The summed E-state index contributed by atoms with van der Waals surface area (Å²) in [6.45, 7) is 1.97. The zero-order chi connectivity index (χ0) is 17.4. The number of amides is 1. The van der Waals surface area contributed by atoms with Crippen LogP contribution in [0.15, 0.2) is 42.5 Å². The molecule has 0 bridgehead atoms. The van der Waals surface area contributed by atoms with Crippen molar-refractivity contribution < 1.29 is 9.53 Å². The predicted molar refractivity (Wildman–Crippen MR) is 97.1 cm³/mol. The number of hydrogen-bond donors (Lipinski definition) is 2. The molecule has 4 rings (SSSR count). The molecule has 5 nitrogen and oxygen atoms in total. The second kappa shape index (κ2) is 6.09. The fourth-order valence-corrected chi connectivity index (χ4v) is 3.31. The van der Waals surface area contributed by atoms with E-state index in [0.29, 0.717) is 5.69 Å². The van der Waals surface area contributed by atoms with E-state index in [1.54, 1.807) is 7.11 Å². The molecule has 0 saturated carbocycles. The Labute approximate surface area is 146 Å². The summed E-state index contributed by atoms with van der Waals surface area (Å²) in [6, 6.07) is 13.7. The zero-order valence-corrected chi connectivity index (χ0v) is 14.2. The number of methoxy groups -OCH3 is 1. The summed E-state index contributed by atoms with van der Waals surface area (Å²) in [7, 11) is 1.67. The Hall–Kier alpha value is -3.08. The summed E-state index contributed by atoms with van der Waals surface area (Å²) < 4.78 is 5.30. The Balaban J connectivity index is 1.67. The Kier molecular flexibility index (Phi) is 3.76. The fraction of sp³-hybridized carbons (Fsp3) is 0.200. The molecule has 1 amide bonds. The number of para-hydroxylation sites is 1. The van der Waals surface area contributed by atoms with Gasteiger partial charge in [0, 0.05) is 16.8 Å². The first-order valence-corrected chi connectivity index (χ1v) is 8.29. The number of rotatable bonds is 3. The van der Waals surface area contributed by atoms with Crippen molar-refractivity contribution in [2.24, 2.45) is 0 Å². The van der Waals surface area contributed by atoms with Crippen molar-refractivity contribution in [1.29, 1.82) is 0 Å².